The minimum atomic E-state index is -0.351. The fourth-order valence-electron chi connectivity index (χ4n) is 1.65. The molecule has 0 heterocycles. The van der Waals surface area contributed by atoms with Crippen molar-refractivity contribution >= 4 is 0 Å². The maximum atomic E-state index is 9.67. The zero-order valence-corrected chi connectivity index (χ0v) is 10.6. The van der Waals surface area contributed by atoms with Gasteiger partial charge in [-0.25, -0.2) is 0 Å². The number of unbranched alkanes of at least 4 members (excludes halogenated alkanes) is 4. The molecule has 0 aromatic rings. The lowest BCUT2D eigenvalue weighted by Crippen LogP contribution is -2.22. The molecule has 2 atom stereocenters. The minimum absolute atomic E-state index is 0.250. The topological polar surface area (TPSA) is 40.5 Å². The largest absolute Gasteiger partial charge is 0.393 e. The molecular weight excluding hydrogens is 188 g/mol. The Morgan fingerprint density at radius 2 is 1.53 bits per heavy atom. The first-order valence-electron chi connectivity index (χ1n) is 6.44. The molecule has 0 radical (unpaired) electrons. The summed E-state index contributed by atoms with van der Waals surface area (Å²) in [7, 11) is 0. The Morgan fingerprint density at radius 1 is 0.933 bits per heavy atom. The number of aliphatic hydroxyl groups excluding tert-OH is 2. The van der Waals surface area contributed by atoms with E-state index in [-0.39, 0.29) is 18.1 Å². The SMILES string of the molecule is CCCCCCC[C@H](O)C[C@H](O)C(C)C. The fourth-order valence-corrected chi connectivity index (χ4v) is 1.65. The molecular formula is C13H28O2. The van der Waals surface area contributed by atoms with Gasteiger partial charge in [-0.15, -0.1) is 0 Å². The third-order valence-electron chi connectivity index (χ3n) is 2.92. The maximum absolute atomic E-state index is 9.67. The van der Waals surface area contributed by atoms with Gasteiger partial charge in [-0.2, -0.15) is 0 Å². The molecule has 0 fully saturated rings. The zero-order chi connectivity index (χ0) is 11.7. The highest BCUT2D eigenvalue weighted by Crippen LogP contribution is 2.14. The normalized spacial score (nSPS) is 15.6. The standard InChI is InChI=1S/C13H28O2/c1-4-5-6-7-8-9-12(14)10-13(15)11(2)3/h11-15H,4-10H2,1-3H3/t12-,13-/m0/s1. The maximum Gasteiger partial charge on any atom is 0.0587 e. The van der Waals surface area contributed by atoms with Crippen LogP contribution in [0.15, 0.2) is 0 Å². The van der Waals surface area contributed by atoms with Crippen molar-refractivity contribution in [1.29, 1.82) is 0 Å². The van der Waals surface area contributed by atoms with E-state index in [9.17, 15) is 10.2 Å². The van der Waals surface area contributed by atoms with Crippen LogP contribution in [0.4, 0.5) is 0 Å². The molecule has 92 valence electrons. The average molecular weight is 216 g/mol. The predicted molar refractivity (Wildman–Crippen MR) is 64.8 cm³/mol. The van der Waals surface area contributed by atoms with Crippen molar-refractivity contribution in [3.05, 3.63) is 0 Å². The smallest absolute Gasteiger partial charge is 0.0587 e. The fraction of sp³-hybridized carbons (Fsp3) is 1.00. The summed E-state index contributed by atoms with van der Waals surface area (Å²) in [6.07, 6.45) is 6.84. The molecule has 0 bridgehead atoms. The van der Waals surface area contributed by atoms with Crippen molar-refractivity contribution in [3.63, 3.8) is 0 Å². The molecule has 0 amide bonds. The van der Waals surface area contributed by atoms with Gasteiger partial charge in [-0.05, 0) is 18.8 Å². The molecule has 0 saturated carbocycles. The first-order chi connectivity index (χ1) is 7.07. The van der Waals surface area contributed by atoms with Crippen molar-refractivity contribution < 1.29 is 10.2 Å². The van der Waals surface area contributed by atoms with Crippen LogP contribution in [0, 0.1) is 5.92 Å². The average Bonchev–Trinajstić information content (AvgIpc) is 2.17. The monoisotopic (exact) mass is 216 g/mol. The zero-order valence-electron chi connectivity index (χ0n) is 10.6. The van der Waals surface area contributed by atoms with E-state index in [0.29, 0.717) is 6.42 Å². The van der Waals surface area contributed by atoms with Gasteiger partial charge in [-0.1, -0.05) is 52.9 Å². The van der Waals surface area contributed by atoms with Crippen LogP contribution in [-0.4, -0.2) is 22.4 Å². The highest BCUT2D eigenvalue weighted by atomic mass is 16.3. The van der Waals surface area contributed by atoms with Crippen LogP contribution in [0.3, 0.4) is 0 Å². The van der Waals surface area contributed by atoms with Crippen molar-refractivity contribution in [3.8, 4) is 0 Å². The van der Waals surface area contributed by atoms with E-state index in [1.807, 2.05) is 13.8 Å². The lowest BCUT2D eigenvalue weighted by Gasteiger charge is -2.18. The van der Waals surface area contributed by atoms with Crippen LogP contribution in [-0.2, 0) is 0 Å². The summed E-state index contributed by atoms with van der Waals surface area (Å²) >= 11 is 0. The van der Waals surface area contributed by atoms with Gasteiger partial charge >= 0.3 is 0 Å². The Morgan fingerprint density at radius 3 is 2.07 bits per heavy atom. The second kappa shape index (κ2) is 9.17. The molecule has 0 aliphatic carbocycles. The Hall–Kier alpha value is -0.0800. The molecule has 0 rings (SSSR count). The summed E-state index contributed by atoms with van der Waals surface area (Å²) in [5.74, 6) is 0.250. The highest BCUT2D eigenvalue weighted by molar-refractivity contribution is 4.66. The molecule has 0 aromatic carbocycles. The summed E-state index contributed by atoms with van der Waals surface area (Å²) < 4.78 is 0. The van der Waals surface area contributed by atoms with Crippen LogP contribution < -0.4 is 0 Å². The Balaban J connectivity index is 3.36. The lowest BCUT2D eigenvalue weighted by molar-refractivity contribution is 0.0488. The number of hydrogen-bond donors (Lipinski definition) is 2. The molecule has 0 aliphatic rings. The molecule has 0 aliphatic heterocycles. The predicted octanol–water partition coefficient (Wildman–Crippen LogP) is 3.11. The van der Waals surface area contributed by atoms with Crippen LogP contribution >= 0.6 is 0 Å². The number of aliphatic hydroxyl groups is 2. The van der Waals surface area contributed by atoms with Crippen molar-refractivity contribution in [2.24, 2.45) is 5.92 Å². The van der Waals surface area contributed by atoms with Gasteiger partial charge in [0.1, 0.15) is 0 Å². The summed E-state index contributed by atoms with van der Waals surface area (Å²) in [5.41, 5.74) is 0. The van der Waals surface area contributed by atoms with E-state index in [0.717, 1.165) is 12.8 Å². The summed E-state index contributed by atoms with van der Waals surface area (Å²) in [5, 5.41) is 19.2. The van der Waals surface area contributed by atoms with Gasteiger partial charge in [0, 0.05) is 0 Å². The van der Waals surface area contributed by atoms with Gasteiger partial charge in [0.25, 0.3) is 0 Å². The lowest BCUT2D eigenvalue weighted by atomic mass is 9.98. The van der Waals surface area contributed by atoms with Crippen LogP contribution in [0.2, 0.25) is 0 Å². The molecule has 0 unspecified atom stereocenters. The van der Waals surface area contributed by atoms with Gasteiger partial charge in [0.2, 0.25) is 0 Å². The van der Waals surface area contributed by atoms with Gasteiger partial charge in [-0.3, -0.25) is 0 Å². The first-order valence-corrected chi connectivity index (χ1v) is 6.44. The van der Waals surface area contributed by atoms with Gasteiger partial charge < -0.3 is 10.2 Å². The second-order valence-corrected chi connectivity index (χ2v) is 4.90. The molecule has 0 spiro atoms. The molecule has 2 heteroatoms. The highest BCUT2D eigenvalue weighted by Gasteiger charge is 2.14. The van der Waals surface area contributed by atoms with E-state index < -0.39 is 0 Å². The van der Waals surface area contributed by atoms with Crippen LogP contribution in [0.1, 0.15) is 65.7 Å². The Kier molecular flexibility index (Phi) is 9.12. The van der Waals surface area contributed by atoms with Crippen molar-refractivity contribution in [2.45, 2.75) is 77.9 Å². The van der Waals surface area contributed by atoms with Gasteiger partial charge in [0.05, 0.1) is 12.2 Å². The third kappa shape index (κ3) is 8.88. The summed E-state index contributed by atoms with van der Waals surface area (Å²) in [6.45, 7) is 6.17. The van der Waals surface area contributed by atoms with E-state index in [1.54, 1.807) is 0 Å². The number of hydrogen-bond acceptors (Lipinski definition) is 2. The van der Waals surface area contributed by atoms with Gasteiger partial charge in [0.15, 0.2) is 0 Å². The van der Waals surface area contributed by atoms with Crippen LogP contribution in [0.25, 0.3) is 0 Å². The Labute approximate surface area is 94.7 Å². The van der Waals surface area contributed by atoms with Crippen molar-refractivity contribution in [1.82, 2.24) is 0 Å². The van der Waals surface area contributed by atoms with E-state index >= 15 is 0 Å². The van der Waals surface area contributed by atoms with E-state index in [2.05, 4.69) is 6.92 Å². The molecule has 0 aromatic heterocycles. The second-order valence-electron chi connectivity index (χ2n) is 4.90. The quantitative estimate of drug-likeness (QED) is 0.581. The van der Waals surface area contributed by atoms with Crippen molar-refractivity contribution in [2.75, 3.05) is 0 Å². The minimum Gasteiger partial charge on any atom is -0.393 e. The van der Waals surface area contributed by atoms with Crippen LogP contribution in [0.5, 0.6) is 0 Å². The summed E-state index contributed by atoms with van der Waals surface area (Å²) in [6, 6.07) is 0. The van der Waals surface area contributed by atoms with E-state index in [1.165, 1.54) is 25.7 Å². The molecule has 2 N–H and O–H groups in total. The first kappa shape index (κ1) is 14.9. The Bertz CT molecular complexity index is 134. The van der Waals surface area contributed by atoms with E-state index in [4.69, 9.17) is 0 Å². The summed E-state index contributed by atoms with van der Waals surface area (Å²) in [4.78, 5) is 0. The third-order valence-corrected chi connectivity index (χ3v) is 2.92. The number of rotatable bonds is 9. The molecule has 15 heavy (non-hydrogen) atoms. The molecule has 0 saturated heterocycles. The molecule has 2 nitrogen and oxygen atoms in total.